The van der Waals surface area contributed by atoms with Crippen LogP contribution in [0.1, 0.15) is 33.4 Å². The minimum atomic E-state index is -3.29. The Bertz CT molecular complexity index is 976. The van der Waals surface area contributed by atoms with Gasteiger partial charge in [-0.05, 0) is 13.0 Å². The third-order valence-corrected chi connectivity index (χ3v) is 4.83. The summed E-state index contributed by atoms with van der Waals surface area (Å²) in [4.78, 5) is 16.0. The summed E-state index contributed by atoms with van der Waals surface area (Å²) in [6, 6.07) is 3.83. The molecule has 0 radical (unpaired) electrons. The van der Waals surface area contributed by atoms with Gasteiger partial charge in [-0.15, -0.1) is 11.3 Å². The van der Waals surface area contributed by atoms with Crippen LogP contribution < -0.4 is 0 Å². The molecule has 0 aliphatic carbocycles. The van der Waals surface area contributed by atoms with Crippen LogP contribution in [0.5, 0.6) is 0 Å². The lowest BCUT2D eigenvalue weighted by Crippen LogP contribution is -2.10. The van der Waals surface area contributed by atoms with Crippen molar-refractivity contribution >= 4 is 17.3 Å². The smallest absolute Gasteiger partial charge is 0.338 e. The first-order valence-corrected chi connectivity index (χ1v) is 8.37. The lowest BCUT2D eigenvalue weighted by Gasteiger charge is -2.13. The van der Waals surface area contributed by atoms with Crippen LogP contribution in [0.2, 0.25) is 0 Å². The van der Waals surface area contributed by atoms with Gasteiger partial charge in [0.2, 0.25) is 0 Å². The van der Waals surface area contributed by atoms with E-state index in [2.05, 4.69) is 10.1 Å². The van der Waals surface area contributed by atoms with Gasteiger partial charge in [0.1, 0.15) is 10.8 Å². The monoisotopic (exact) mass is 381 g/mol. The molecule has 0 aliphatic rings. The van der Waals surface area contributed by atoms with Crippen LogP contribution in [0.25, 0.3) is 10.6 Å². The van der Waals surface area contributed by atoms with Crippen molar-refractivity contribution in [3.8, 4) is 10.6 Å². The fourth-order valence-corrected chi connectivity index (χ4v) is 3.38. The SMILES string of the molecule is Cc1sc(-c2cccc(C(C)(F)F)c2F)nc1Cn1cc(C(=O)O)cn1. The van der Waals surface area contributed by atoms with Crippen LogP contribution in [-0.4, -0.2) is 25.8 Å². The molecule has 0 spiro atoms. The number of benzene rings is 1. The van der Waals surface area contributed by atoms with E-state index in [1.807, 2.05) is 0 Å². The van der Waals surface area contributed by atoms with E-state index in [4.69, 9.17) is 5.11 Å². The van der Waals surface area contributed by atoms with Crippen molar-refractivity contribution in [2.75, 3.05) is 0 Å². The van der Waals surface area contributed by atoms with Gasteiger partial charge in [0.15, 0.2) is 0 Å². The van der Waals surface area contributed by atoms with E-state index in [0.29, 0.717) is 12.6 Å². The number of carbonyl (C=O) groups is 1. The molecule has 0 saturated heterocycles. The van der Waals surface area contributed by atoms with Gasteiger partial charge in [-0.1, -0.05) is 12.1 Å². The number of nitrogens with zero attached hydrogens (tertiary/aromatic N) is 3. The van der Waals surface area contributed by atoms with Gasteiger partial charge >= 0.3 is 5.97 Å². The largest absolute Gasteiger partial charge is 0.478 e. The number of aromatic nitrogens is 3. The molecule has 0 amide bonds. The molecular weight excluding hydrogens is 367 g/mol. The Balaban J connectivity index is 1.94. The van der Waals surface area contributed by atoms with Crippen LogP contribution >= 0.6 is 11.3 Å². The predicted octanol–water partition coefficient (Wildman–Crippen LogP) is 4.31. The molecule has 0 bridgehead atoms. The molecule has 3 aromatic rings. The molecule has 3 rings (SSSR count). The Hall–Kier alpha value is -2.68. The maximum absolute atomic E-state index is 14.5. The molecule has 1 aromatic carbocycles. The highest BCUT2D eigenvalue weighted by atomic mass is 32.1. The Morgan fingerprint density at radius 1 is 1.38 bits per heavy atom. The number of aryl methyl sites for hydroxylation is 1. The minimum Gasteiger partial charge on any atom is -0.478 e. The van der Waals surface area contributed by atoms with E-state index in [-0.39, 0.29) is 22.7 Å². The molecule has 0 aliphatic heterocycles. The second-order valence-corrected chi connectivity index (χ2v) is 7.01. The lowest BCUT2D eigenvalue weighted by molar-refractivity contribution is 0.0138. The number of carboxylic acid groups (broad SMARTS) is 1. The first-order valence-electron chi connectivity index (χ1n) is 7.56. The molecule has 0 fully saturated rings. The summed E-state index contributed by atoms with van der Waals surface area (Å²) in [5.74, 6) is -5.38. The Kier molecular flexibility index (Phi) is 4.57. The van der Waals surface area contributed by atoms with Gasteiger partial charge in [-0.2, -0.15) is 5.10 Å². The molecule has 0 unspecified atom stereocenters. The second-order valence-electron chi connectivity index (χ2n) is 5.81. The van der Waals surface area contributed by atoms with Gasteiger partial charge in [-0.3, -0.25) is 4.68 Å². The van der Waals surface area contributed by atoms with Crippen molar-refractivity contribution in [2.24, 2.45) is 0 Å². The molecule has 5 nitrogen and oxygen atoms in total. The zero-order chi connectivity index (χ0) is 19.1. The van der Waals surface area contributed by atoms with Crippen molar-refractivity contribution in [1.82, 2.24) is 14.8 Å². The van der Waals surface area contributed by atoms with E-state index in [9.17, 15) is 18.0 Å². The molecule has 0 atom stereocenters. The zero-order valence-electron chi connectivity index (χ0n) is 13.8. The number of thiazole rings is 1. The summed E-state index contributed by atoms with van der Waals surface area (Å²) in [7, 11) is 0. The molecule has 2 heterocycles. The Labute approximate surface area is 150 Å². The van der Waals surface area contributed by atoms with E-state index in [1.165, 1.54) is 40.5 Å². The van der Waals surface area contributed by atoms with Gasteiger partial charge in [0, 0.05) is 23.6 Å². The molecule has 136 valence electrons. The van der Waals surface area contributed by atoms with E-state index in [0.717, 1.165) is 10.9 Å². The van der Waals surface area contributed by atoms with Crippen LogP contribution in [0, 0.1) is 12.7 Å². The minimum absolute atomic E-state index is 0.00932. The fraction of sp³-hybridized carbons (Fsp3) is 0.235. The third kappa shape index (κ3) is 3.48. The molecule has 0 saturated carbocycles. The third-order valence-electron chi connectivity index (χ3n) is 3.79. The van der Waals surface area contributed by atoms with Gasteiger partial charge in [0.05, 0.1) is 29.6 Å². The summed E-state index contributed by atoms with van der Waals surface area (Å²) in [5.41, 5.74) is -0.0576. The first-order chi connectivity index (χ1) is 12.2. The molecule has 9 heteroatoms. The zero-order valence-corrected chi connectivity index (χ0v) is 14.6. The number of aromatic carboxylic acids is 1. The quantitative estimate of drug-likeness (QED) is 0.715. The molecule has 1 N–H and O–H groups in total. The van der Waals surface area contributed by atoms with Crippen molar-refractivity contribution < 1.29 is 23.1 Å². The molecule has 2 aromatic heterocycles. The topological polar surface area (TPSA) is 68.0 Å². The van der Waals surface area contributed by atoms with Crippen LogP contribution in [0.4, 0.5) is 13.2 Å². The van der Waals surface area contributed by atoms with Crippen LogP contribution in [0.3, 0.4) is 0 Å². The van der Waals surface area contributed by atoms with E-state index in [1.54, 1.807) is 6.92 Å². The number of halogens is 3. The summed E-state index contributed by atoms with van der Waals surface area (Å²) < 4.78 is 43.0. The van der Waals surface area contributed by atoms with Crippen molar-refractivity contribution in [1.29, 1.82) is 0 Å². The number of hydrogen-bond donors (Lipinski definition) is 1. The van der Waals surface area contributed by atoms with Gasteiger partial charge in [-0.25, -0.2) is 22.9 Å². The summed E-state index contributed by atoms with van der Waals surface area (Å²) >= 11 is 1.18. The van der Waals surface area contributed by atoms with Crippen molar-refractivity contribution in [2.45, 2.75) is 26.3 Å². The number of hydrogen-bond acceptors (Lipinski definition) is 4. The highest BCUT2D eigenvalue weighted by molar-refractivity contribution is 7.15. The Morgan fingerprint density at radius 2 is 2.12 bits per heavy atom. The van der Waals surface area contributed by atoms with Gasteiger partial charge in [0.25, 0.3) is 5.92 Å². The highest BCUT2D eigenvalue weighted by Crippen LogP contribution is 2.36. The maximum Gasteiger partial charge on any atom is 0.338 e. The maximum atomic E-state index is 14.5. The number of alkyl halides is 2. The highest BCUT2D eigenvalue weighted by Gasteiger charge is 2.30. The lowest BCUT2D eigenvalue weighted by atomic mass is 10.1. The Morgan fingerprint density at radius 3 is 2.73 bits per heavy atom. The first kappa shape index (κ1) is 18.1. The molecule has 26 heavy (non-hydrogen) atoms. The second kappa shape index (κ2) is 6.56. The molecular formula is C17H14F3N3O2S. The van der Waals surface area contributed by atoms with Gasteiger partial charge < -0.3 is 5.11 Å². The fourth-order valence-electron chi connectivity index (χ4n) is 2.44. The summed E-state index contributed by atoms with van der Waals surface area (Å²) in [6.45, 7) is 2.61. The van der Waals surface area contributed by atoms with E-state index < -0.39 is 23.3 Å². The number of carboxylic acids is 1. The average molecular weight is 381 g/mol. The number of rotatable bonds is 5. The predicted molar refractivity (Wildman–Crippen MR) is 90.1 cm³/mol. The normalized spacial score (nSPS) is 11.7. The van der Waals surface area contributed by atoms with Crippen molar-refractivity contribution in [3.05, 3.63) is 58.1 Å². The standard InChI is InChI=1S/C17H14F3N3O2S/c1-9-13(8-23-7-10(6-21-23)16(24)25)22-15(26-9)11-4-3-5-12(14(11)18)17(2,19)20/h3-7H,8H2,1-2H3,(H,24,25). The summed E-state index contributed by atoms with van der Waals surface area (Å²) in [6.07, 6.45) is 2.58. The van der Waals surface area contributed by atoms with E-state index >= 15 is 0 Å². The van der Waals surface area contributed by atoms with Crippen LogP contribution in [0.15, 0.2) is 30.6 Å². The van der Waals surface area contributed by atoms with Crippen LogP contribution in [-0.2, 0) is 12.5 Å². The average Bonchev–Trinajstić information content (AvgIpc) is 3.14. The summed E-state index contributed by atoms with van der Waals surface area (Å²) in [5, 5.41) is 13.2. The van der Waals surface area contributed by atoms with Crippen molar-refractivity contribution in [3.63, 3.8) is 0 Å².